The van der Waals surface area contributed by atoms with Gasteiger partial charge in [0.15, 0.2) is 0 Å². The fourth-order valence-electron chi connectivity index (χ4n) is 3.28. The number of methoxy groups -OCH3 is 1. The van der Waals surface area contributed by atoms with Crippen LogP contribution >= 0.6 is 0 Å². The maximum Gasteiger partial charge on any atom is 0.326 e. The highest BCUT2D eigenvalue weighted by Crippen LogP contribution is 2.22. The van der Waals surface area contributed by atoms with Gasteiger partial charge in [0.05, 0.1) is 6.10 Å². The lowest BCUT2D eigenvalue weighted by Gasteiger charge is -2.27. The van der Waals surface area contributed by atoms with Crippen molar-refractivity contribution in [2.24, 2.45) is 0 Å². The second-order valence-corrected chi connectivity index (χ2v) is 6.09. The average Bonchev–Trinajstić information content (AvgIpc) is 2.86. The van der Waals surface area contributed by atoms with Crippen LogP contribution in [0.1, 0.15) is 51.4 Å². The Morgan fingerprint density at radius 3 is 2.33 bits per heavy atom. The van der Waals surface area contributed by atoms with Crippen LogP contribution in [-0.2, 0) is 9.53 Å². The van der Waals surface area contributed by atoms with Gasteiger partial charge >= 0.3 is 12.0 Å². The minimum Gasteiger partial charge on any atom is -0.480 e. The number of nitrogens with zero attached hydrogens (tertiary/aromatic N) is 1. The van der Waals surface area contributed by atoms with Crippen molar-refractivity contribution in [1.82, 2.24) is 10.2 Å². The van der Waals surface area contributed by atoms with E-state index in [4.69, 9.17) is 4.74 Å². The van der Waals surface area contributed by atoms with E-state index in [-0.39, 0.29) is 18.2 Å². The molecule has 0 aromatic carbocycles. The lowest BCUT2D eigenvalue weighted by Crippen LogP contribution is -2.49. The van der Waals surface area contributed by atoms with Crippen LogP contribution < -0.4 is 5.32 Å². The number of hydrogen-bond donors (Lipinski definition) is 2. The summed E-state index contributed by atoms with van der Waals surface area (Å²) in [5.41, 5.74) is 0. The molecule has 1 heterocycles. The van der Waals surface area contributed by atoms with Gasteiger partial charge in [-0.25, -0.2) is 9.59 Å². The number of carboxylic acids is 1. The molecule has 1 saturated heterocycles. The molecule has 0 spiro atoms. The Bertz CT molecular complexity index is 367. The molecule has 0 aromatic rings. The van der Waals surface area contributed by atoms with E-state index in [0.29, 0.717) is 13.0 Å². The van der Waals surface area contributed by atoms with Gasteiger partial charge in [-0.05, 0) is 12.8 Å². The maximum absolute atomic E-state index is 12.4. The van der Waals surface area contributed by atoms with Gasteiger partial charge in [0, 0.05) is 26.1 Å². The number of ether oxygens (including phenoxy) is 1. The van der Waals surface area contributed by atoms with E-state index >= 15 is 0 Å². The molecule has 2 unspecified atom stereocenters. The molecule has 0 aromatic heterocycles. The zero-order valence-corrected chi connectivity index (χ0v) is 12.7. The summed E-state index contributed by atoms with van der Waals surface area (Å²) in [6.07, 6.45) is 8.15. The molecule has 2 fully saturated rings. The number of amides is 2. The minimum atomic E-state index is -0.956. The smallest absolute Gasteiger partial charge is 0.326 e. The van der Waals surface area contributed by atoms with Crippen molar-refractivity contribution >= 4 is 12.0 Å². The lowest BCUT2D eigenvalue weighted by atomic mass is 9.97. The summed E-state index contributed by atoms with van der Waals surface area (Å²) in [6.45, 7) is 0.353. The Kier molecular flexibility index (Phi) is 5.85. The lowest BCUT2D eigenvalue weighted by molar-refractivity contribution is -0.141. The molecule has 0 radical (unpaired) electrons. The van der Waals surface area contributed by atoms with Crippen LogP contribution in [-0.4, -0.2) is 53.8 Å². The first kappa shape index (κ1) is 16.1. The molecule has 1 saturated carbocycles. The SMILES string of the molecule is COC1CC(C(=O)O)N(C(=O)NC2CCCCCCC2)C1. The highest BCUT2D eigenvalue weighted by molar-refractivity contribution is 5.83. The molecule has 1 aliphatic heterocycles. The van der Waals surface area contributed by atoms with Crippen molar-refractivity contribution in [3.63, 3.8) is 0 Å². The number of aliphatic carboxylic acids is 1. The molecule has 2 rings (SSSR count). The van der Waals surface area contributed by atoms with Gasteiger partial charge in [0.2, 0.25) is 0 Å². The summed E-state index contributed by atoms with van der Waals surface area (Å²) >= 11 is 0. The summed E-state index contributed by atoms with van der Waals surface area (Å²) in [4.78, 5) is 25.1. The molecular weight excluding hydrogens is 272 g/mol. The van der Waals surface area contributed by atoms with Gasteiger partial charge in [-0.2, -0.15) is 0 Å². The third kappa shape index (κ3) is 4.33. The molecule has 2 amide bonds. The summed E-state index contributed by atoms with van der Waals surface area (Å²) < 4.78 is 5.21. The number of likely N-dealkylation sites (tertiary alicyclic amines) is 1. The number of rotatable bonds is 3. The van der Waals surface area contributed by atoms with Gasteiger partial charge in [0.1, 0.15) is 6.04 Å². The Hall–Kier alpha value is -1.30. The standard InChI is InChI=1S/C15H26N2O4/c1-21-12-9-13(14(18)19)17(10-12)15(20)16-11-7-5-3-2-4-6-8-11/h11-13H,2-10H2,1H3,(H,16,20)(H,18,19). The quantitative estimate of drug-likeness (QED) is 0.835. The third-order valence-electron chi connectivity index (χ3n) is 4.57. The topological polar surface area (TPSA) is 78.9 Å². The summed E-state index contributed by atoms with van der Waals surface area (Å²) in [5.74, 6) is -0.956. The van der Waals surface area contributed by atoms with Crippen molar-refractivity contribution < 1.29 is 19.4 Å². The normalized spacial score (nSPS) is 28.0. The van der Waals surface area contributed by atoms with Crippen LogP contribution in [0.15, 0.2) is 0 Å². The van der Waals surface area contributed by atoms with Crippen molar-refractivity contribution in [2.45, 2.75) is 69.6 Å². The van der Waals surface area contributed by atoms with Gasteiger partial charge in [-0.15, -0.1) is 0 Å². The third-order valence-corrected chi connectivity index (χ3v) is 4.57. The van der Waals surface area contributed by atoms with Crippen LogP contribution in [0.5, 0.6) is 0 Å². The maximum atomic E-state index is 12.4. The van der Waals surface area contributed by atoms with E-state index < -0.39 is 12.0 Å². The van der Waals surface area contributed by atoms with Crippen molar-refractivity contribution in [2.75, 3.05) is 13.7 Å². The second-order valence-electron chi connectivity index (χ2n) is 6.09. The van der Waals surface area contributed by atoms with Crippen LogP contribution in [0.4, 0.5) is 4.79 Å². The molecule has 120 valence electrons. The Balaban J connectivity index is 1.92. The fourth-order valence-corrected chi connectivity index (χ4v) is 3.28. The van der Waals surface area contributed by atoms with Crippen LogP contribution in [0.2, 0.25) is 0 Å². The fraction of sp³-hybridized carbons (Fsp3) is 0.867. The molecule has 0 bridgehead atoms. The number of nitrogens with one attached hydrogen (secondary N) is 1. The largest absolute Gasteiger partial charge is 0.480 e. The number of carboxylic acid groups (broad SMARTS) is 1. The first-order valence-corrected chi connectivity index (χ1v) is 7.94. The summed E-state index contributed by atoms with van der Waals surface area (Å²) in [6, 6.07) is -0.857. The van der Waals surface area contributed by atoms with E-state index in [9.17, 15) is 14.7 Å². The number of hydrogen-bond acceptors (Lipinski definition) is 3. The second kappa shape index (κ2) is 7.64. The monoisotopic (exact) mass is 298 g/mol. The van der Waals surface area contributed by atoms with E-state index in [1.54, 1.807) is 7.11 Å². The summed E-state index contributed by atoms with van der Waals surface area (Å²) in [5, 5.41) is 12.3. The highest BCUT2D eigenvalue weighted by Gasteiger charge is 2.40. The van der Waals surface area contributed by atoms with Crippen molar-refractivity contribution in [3.05, 3.63) is 0 Å². The predicted octanol–water partition coefficient (Wildman–Crippen LogP) is 1.98. The Labute approximate surface area is 125 Å². The zero-order valence-electron chi connectivity index (χ0n) is 12.7. The first-order chi connectivity index (χ1) is 10.1. The number of urea groups is 1. The summed E-state index contributed by atoms with van der Waals surface area (Å²) in [7, 11) is 1.56. The van der Waals surface area contributed by atoms with E-state index in [2.05, 4.69) is 5.32 Å². The average molecular weight is 298 g/mol. The van der Waals surface area contributed by atoms with Crippen LogP contribution in [0.25, 0.3) is 0 Å². The molecule has 2 aliphatic rings. The van der Waals surface area contributed by atoms with Gasteiger partial charge in [0.25, 0.3) is 0 Å². The number of carbonyl (C=O) groups is 2. The molecule has 1 aliphatic carbocycles. The highest BCUT2D eigenvalue weighted by atomic mass is 16.5. The minimum absolute atomic E-state index is 0.175. The molecule has 21 heavy (non-hydrogen) atoms. The van der Waals surface area contributed by atoms with Gasteiger partial charge < -0.3 is 20.1 Å². The van der Waals surface area contributed by atoms with E-state index in [1.165, 1.54) is 24.2 Å². The van der Waals surface area contributed by atoms with Crippen LogP contribution in [0, 0.1) is 0 Å². The molecule has 2 atom stereocenters. The molecular formula is C15H26N2O4. The molecule has 6 heteroatoms. The van der Waals surface area contributed by atoms with Crippen molar-refractivity contribution in [3.8, 4) is 0 Å². The van der Waals surface area contributed by atoms with E-state index in [0.717, 1.165) is 25.7 Å². The zero-order chi connectivity index (χ0) is 15.2. The first-order valence-electron chi connectivity index (χ1n) is 7.94. The molecule has 6 nitrogen and oxygen atoms in total. The van der Waals surface area contributed by atoms with E-state index in [1.807, 2.05) is 0 Å². The predicted molar refractivity (Wildman–Crippen MR) is 78.2 cm³/mol. The Morgan fingerprint density at radius 1 is 1.14 bits per heavy atom. The Morgan fingerprint density at radius 2 is 1.76 bits per heavy atom. The van der Waals surface area contributed by atoms with Crippen molar-refractivity contribution in [1.29, 1.82) is 0 Å². The van der Waals surface area contributed by atoms with Gasteiger partial charge in [-0.3, -0.25) is 0 Å². The molecule has 2 N–H and O–H groups in total. The van der Waals surface area contributed by atoms with Gasteiger partial charge in [-0.1, -0.05) is 32.1 Å². The number of carbonyl (C=O) groups excluding carboxylic acids is 1. The van der Waals surface area contributed by atoms with Crippen LogP contribution in [0.3, 0.4) is 0 Å².